The molecule has 5 nitrogen and oxygen atoms in total. The highest BCUT2D eigenvalue weighted by Crippen LogP contribution is 2.40. The smallest absolute Gasteiger partial charge is 0.260 e. The maximum atomic E-state index is 13.0. The second-order valence-corrected chi connectivity index (χ2v) is 10.5. The van der Waals surface area contributed by atoms with Crippen molar-refractivity contribution in [3.63, 3.8) is 0 Å². The standard InChI is InChI=1S/C25H21Cl3N2O3S/c1-32-19-10-14(9-18(28)22(19)33-12-13-7-8-15(26)11-17(13)27)23-29-24(31)21-16-5-3-2-4-6-20(16)34-25(21)30-23/h7-11H,2-6,12H2,1H3,(H,29,30,31). The zero-order chi connectivity index (χ0) is 23.8. The van der Waals surface area contributed by atoms with Gasteiger partial charge in [-0.05, 0) is 55.5 Å². The van der Waals surface area contributed by atoms with Crippen LogP contribution in [0.1, 0.15) is 35.3 Å². The van der Waals surface area contributed by atoms with Crippen molar-refractivity contribution >= 4 is 56.4 Å². The largest absolute Gasteiger partial charge is 0.493 e. The third kappa shape index (κ3) is 4.52. The Morgan fingerprint density at radius 1 is 1.06 bits per heavy atom. The van der Waals surface area contributed by atoms with E-state index < -0.39 is 0 Å². The molecule has 0 saturated carbocycles. The molecule has 0 fully saturated rings. The predicted octanol–water partition coefficient (Wildman–Crippen LogP) is 7.47. The summed E-state index contributed by atoms with van der Waals surface area (Å²) in [6.07, 6.45) is 5.40. The second-order valence-electron chi connectivity index (χ2n) is 8.17. The zero-order valence-corrected chi connectivity index (χ0v) is 21.4. The fourth-order valence-corrected chi connectivity index (χ4v) is 6.25. The molecule has 2 aromatic heterocycles. The molecule has 0 unspecified atom stereocenters. The van der Waals surface area contributed by atoms with E-state index in [9.17, 15) is 4.79 Å². The highest BCUT2D eigenvalue weighted by molar-refractivity contribution is 7.18. The van der Waals surface area contributed by atoms with E-state index in [4.69, 9.17) is 49.3 Å². The number of nitrogens with one attached hydrogen (secondary N) is 1. The molecule has 0 bridgehead atoms. The SMILES string of the molecule is COc1cc(-c2nc3sc4c(c3c(=O)[nH]2)CCCCC4)cc(Cl)c1OCc1ccc(Cl)cc1Cl. The molecule has 1 aliphatic rings. The minimum Gasteiger partial charge on any atom is -0.493 e. The van der Waals surface area contributed by atoms with E-state index in [-0.39, 0.29) is 12.2 Å². The number of ether oxygens (including phenoxy) is 2. The normalized spacial score (nSPS) is 13.5. The van der Waals surface area contributed by atoms with Crippen LogP contribution in [0, 0.1) is 0 Å². The van der Waals surface area contributed by atoms with Crippen molar-refractivity contribution in [1.82, 2.24) is 9.97 Å². The summed E-state index contributed by atoms with van der Waals surface area (Å²) in [5.41, 5.74) is 2.45. The quantitative estimate of drug-likeness (QED) is 0.269. The minimum absolute atomic E-state index is 0.118. The maximum Gasteiger partial charge on any atom is 0.260 e. The molecule has 176 valence electrons. The van der Waals surface area contributed by atoms with Gasteiger partial charge in [0.05, 0.1) is 17.5 Å². The molecule has 0 atom stereocenters. The van der Waals surface area contributed by atoms with Gasteiger partial charge in [0.2, 0.25) is 0 Å². The average Bonchev–Trinajstić information content (AvgIpc) is 3.00. The average molecular weight is 536 g/mol. The first-order chi connectivity index (χ1) is 16.4. The highest BCUT2D eigenvalue weighted by atomic mass is 35.5. The molecular weight excluding hydrogens is 515 g/mol. The lowest BCUT2D eigenvalue weighted by molar-refractivity contribution is 0.285. The first kappa shape index (κ1) is 23.5. The van der Waals surface area contributed by atoms with E-state index in [0.717, 1.165) is 47.0 Å². The second kappa shape index (κ2) is 9.78. The maximum absolute atomic E-state index is 13.0. The summed E-state index contributed by atoms with van der Waals surface area (Å²) in [5, 5.41) is 2.12. The molecule has 2 heterocycles. The Labute approximate surface area is 215 Å². The number of hydrogen-bond donors (Lipinski definition) is 1. The summed E-state index contributed by atoms with van der Waals surface area (Å²) < 4.78 is 11.5. The number of halogens is 3. The van der Waals surface area contributed by atoms with E-state index >= 15 is 0 Å². The molecular formula is C25H21Cl3N2O3S. The first-order valence-corrected chi connectivity index (χ1v) is 12.9. The van der Waals surface area contributed by atoms with Gasteiger partial charge in [-0.3, -0.25) is 4.79 Å². The van der Waals surface area contributed by atoms with Crippen molar-refractivity contribution in [1.29, 1.82) is 0 Å². The molecule has 5 rings (SSSR count). The lowest BCUT2D eigenvalue weighted by Crippen LogP contribution is -2.10. The third-order valence-electron chi connectivity index (χ3n) is 5.97. The number of H-pyrrole nitrogens is 1. The van der Waals surface area contributed by atoms with Gasteiger partial charge in [-0.15, -0.1) is 11.3 Å². The fraction of sp³-hybridized carbons (Fsp3) is 0.280. The predicted molar refractivity (Wildman–Crippen MR) is 139 cm³/mol. The Morgan fingerprint density at radius 3 is 2.68 bits per heavy atom. The molecule has 0 spiro atoms. The van der Waals surface area contributed by atoms with Crippen LogP contribution in [0.15, 0.2) is 35.1 Å². The van der Waals surface area contributed by atoms with Crippen LogP contribution in [0.2, 0.25) is 15.1 Å². The van der Waals surface area contributed by atoms with E-state index in [1.165, 1.54) is 18.4 Å². The van der Waals surface area contributed by atoms with Crippen molar-refractivity contribution < 1.29 is 9.47 Å². The summed E-state index contributed by atoms with van der Waals surface area (Å²) >= 11 is 20.4. The van der Waals surface area contributed by atoms with Crippen LogP contribution in [0.4, 0.5) is 0 Å². The topological polar surface area (TPSA) is 64.2 Å². The molecule has 0 saturated heterocycles. The number of benzene rings is 2. The van der Waals surface area contributed by atoms with E-state index in [0.29, 0.717) is 38.0 Å². The summed E-state index contributed by atoms with van der Waals surface area (Å²) in [6, 6.07) is 8.67. The van der Waals surface area contributed by atoms with Gasteiger partial charge >= 0.3 is 0 Å². The Hall–Kier alpha value is -2.25. The van der Waals surface area contributed by atoms with Crippen LogP contribution in [-0.2, 0) is 19.4 Å². The number of aromatic amines is 1. The van der Waals surface area contributed by atoms with Crippen LogP contribution in [0.5, 0.6) is 11.5 Å². The molecule has 0 radical (unpaired) electrons. The third-order valence-corrected chi connectivity index (χ3v) is 8.02. The van der Waals surface area contributed by atoms with Crippen LogP contribution in [0.3, 0.4) is 0 Å². The number of aromatic nitrogens is 2. The van der Waals surface area contributed by atoms with Gasteiger partial charge < -0.3 is 14.5 Å². The van der Waals surface area contributed by atoms with Gasteiger partial charge in [0.15, 0.2) is 11.5 Å². The van der Waals surface area contributed by atoms with Gasteiger partial charge in [0, 0.05) is 26.0 Å². The van der Waals surface area contributed by atoms with Crippen molar-refractivity contribution in [3.8, 4) is 22.9 Å². The molecule has 0 aliphatic heterocycles. The molecule has 9 heteroatoms. The minimum atomic E-state index is -0.118. The van der Waals surface area contributed by atoms with E-state index in [1.54, 1.807) is 41.7 Å². The Kier molecular flexibility index (Phi) is 6.76. The van der Waals surface area contributed by atoms with Crippen LogP contribution in [0.25, 0.3) is 21.6 Å². The summed E-state index contributed by atoms with van der Waals surface area (Å²) in [5.74, 6) is 1.25. The number of thiophene rings is 1. The lowest BCUT2D eigenvalue weighted by Gasteiger charge is -2.15. The van der Waals surface area contributed by atoms with Gasteiger partial charge in [-0.2, -0.15) is 0 Å². The lowest BCUT2D eigenvalue weighted by atomic mass is 10.1. The van der Waals surface area contributed by atoms with Crippen LogP contribution in [-0.4, -0.2) is 17.1 Å². The van der Waals surface area contributed by atoms with Gasteiger partial charge in [0.1, 0.15) is 17.3 Å². The Bertz CT molecular complexity index is 1450. The number of nitrogens with zero attached hydrogens (tertiary/aromatic N) is 1. The summed E-state index contributed by atoms with van der Waals surface area (Å²) in [4.78, 5) is 22.8. The monoisotopic (exact) mass is 534 g/mol. The van der Waals surface area contributed by atoms with Crippen molar-refractivity contribution in [2.75, 3.05) is 7.11 Å². The first-order valence-electron chi connectivity index (χ1n) is 10.9. The number of aryl methyl sites for hydroxylation is 2. The molecule has 4 aromatic rings. The molecule has 2 aromatic carbocycles. The van der Waals surface area contributed by atoms with Crippen molar-refractivity contribution in [2.24, 2.45) is 0 Å². The van der Waals surface area contributed by atoms with Crippen molar-refractivity contribution in [2.45, 2.75) is 38.7 Å². The Balaban J connectivity index is 1.49. The van der Waals surface area contributed by atoms with Crippen molar-refractivity contribution in [3.05, 3.63) is 71.8 Å². The number of hydrogen-bond acceptors (Lipinski definition) is 5. The number of rotatable bonds is 5. The van der Waals surface area contributed by atoms with E-state index in [2.05, 4.69) is 4.98 Å². The molecule has 0 amide bonds. The number of fused-ring (bicyclic) bond motifs is 3. The van der Waals surface area contributed by atoms with E-state index in [1.807, 2.05) is 0 Å². The van der Waals surface area contributed by atoms with Crippen LogP contribution < -0.4 is 15.0 Å². The van der Waals surface area contributed by atoms with Crippen LogP contribution >= 0.6 is 46.1 Å². The van der Waals surface area contributed by atoms with Gasteiger partial charge in [-0.25, -0.2) is 4.98 Å². The van der Waals surface area contributed by atoms with Gasteiger partial charge in [0.25, 0.3) is 5.56 Å². The molecule has 1 aliphatic carbocycles. The zero-order valence-electron chi connectivity index (χ0n) is 18.3. The molecule has 34 heavy (non-hydrogen) atoms. The highest BCUT2D eigenvalue weighted by Gasteiger charge is 2.21. The fourth-order valence-electron chi connectivity index (χ4n) is 4.26. The molecule has 1 N–H and O–H groups in total. The summed E-state index contributed by atoms with van der Waals surface area (Å²) in [7, 11) is 1.53. The summed E-state index contributed by atoms with van der Waals surface area (Å²) in [6.45, 7) is 0.188. The number of methoxy groups -OCH3 is 1. The Morgan fingerprint density at radius 2 is 1.88 bits per heavy atom. The van der Waals surface area contributed by atoms with Gasteiger partial charge in [-0.1, -0.05) is 47.3 Å².